The van der Waals surface area contributed by atoms with Gasteiger partial charge in [-0.15, -0.1) is 0 Å². The number of benzene rings is 1. The Morgan fingerprint density at radius 3 is 2.47 bits per heavy atom. The number of aryl methyl sites for hydroxylation is 2. The molecule has 3 heteroatoms. The van der Waals surface area contributed by atoms with Crippen LogP contribution in [0, 0.1) is 25.7 Å². The van der Waals surface area contributed by atoms with Crippen molar-refractivity contribution in [2.75, 3.05) is 5.73 Å². The van der Waals surface area contributed by atoms with Gasteiger partial charge >= 0.3 is 0 Å². The van der Waals surface area contributed by atoms with E-state index in [1.165, 1.54) is 6.42 Å². The smallest absolute Gasteiger partial charge is 0.251 e. The van der Waals surface area contributed by atoms with E-state index >= 15 is 0 Å². The zero-order valence-corrected chi connectivity index (χ0v) is 12.3. The van der Waals surface area contributed by atoms with Gasteiger partial charge < -0.3 is 11.1 Å². The number of hydrogen-bond donors (Lipinski definition) is 2. The van der Waals surface area contributed by atoms with Crippen LogP contribution in [0.4, 0.5) is 5.69 Å². The first-order valence-electron chi connectivity index (χ1n) is 7.07. The van der Waals surface area contributed by atoms with Crippen molar-refractivity contribution in [2.24, 2.45) is 11.8 Å². The number of amides is 1. The molecule has 1 amide bonds. The molecule has 0 radical (unpaired) electrons. The van der Waals surface area contributed by atoms with Gasteiger partial charge in [0.1, 0.15) is 0 Å². The van der Waals surface area contributed by atoms with Gasteiger partial charge in [0.25, 0.3) is 5.91 Å². The van der Waals surface area contributed by atoms with Crippen LogP contribution in [0.15, 0.2) is 12.1 Å². The normalized spacial score (nSPS) is 26.4. The summed E-state index contributed by atoms with van der Waals surface area (Å²) in [4.78, 5) is 12.4. The first kappa shape index (κ1) is 13.9. The first-order valence-corrected chi connectivity index (χ1v) is 7.07. The summed E-state index contributed by atoms with van der Waals surface area (Å²) in [5.74, 6) is 1.25. The lowest BCUT2D eigenvalue weighted by molar-refractivity contribution is 0.0927. The molecule has 0 bridgehead atoms. The fourth-order valence-corrected chi connectivity index (χ4v) is 2.93. The van der Waals surface area contributed by atoms with Gasteiger partial charge in [-0.2, -0.15) is 0 Å². The number of anilines is 1. The van der Waals surface area contributed by atoms with E-state index in [1.807, 2.05) is 19.9 Å². The van der Waals surface area contributed by atoms with Crippen molar-refractivity contribution in [3.8, 4) is 0 Å². The van der Waals surface area contributed by atoms with E-state index in [2.05, 4.69) is 19.2 Å². The molecule has 19 heavy (non-hydrogen) atoms. The molecule has 3 unspecified atom stereocenters. The second-order valence-corrected chi connectivity index (χ2v) is 6.02. The molecule has 0 aliphatic heterocycles. The predicted molar refractivity (Wildman–Crippen MR) is 79.1 cm³/mol. The van der Waals surface area contributed by atoms with Crippen molar-refractivity contribution < 1.29 is 4.79 Å². The Hall–Kier alpha value is -1.51. The highest BCUT2D eigenvalue weighted by atomic mass is 16.1. The standard InChI is InChI=1S/C16H24N2O/c1-9-5-6-15(12(9)4)18-16(19)13-8-14(17)11(3)7-10(13)2/h7-9,12,15H,5-6,17H2,1-4H3,(H,18,19). The van der Waals surface area contributed by atoms with Gasteiger partial charge in [0.15, 0.2) is 0 Å². The van der Waals surface area contributed by atoms with Crippen LogP contribution in [0.1, 0.15) is 48.2 Å². The lowest BCUT2D eigenvalue weighted by Crippen LogP contribution is -2.37. The Kier molecular flexibility index (Phi) is 3.83. The van der Waals surface area contributed by atoms with Crippen molar-refractivity contribution >= 4 is 11.6 Å². The van der Waals surface area contributed by atoms with E-state index in [0.717, 1.165) is 17.5 Å². The lowest BCUT2D eigenvalue weighted by Gasteiger charge is -2.20. The minimum atomic E-state index is 0.00940. The molecule has 3 nitrogen and oxygen atoms in total. The second-order valence-electron chi connectivity index (χ2n) is 6.02. The summed E-state index contributed by atoms with van der Waals surface area (Å²) in [6.45, 7) is 8.40. The van der Waals surface area contributed by atoms with E-state index in [9.17, 15) is 4.79 Å². The maximum atomic E-state index is 12.4. The van der Waals surface area contributed by atoms with Gasteiger partial charge in [-0.3, -0.25) is 4.79 Å². The van der Waals surface area contributed by atoms with Gasteiger partial charge in [0.05, 0.1) is 0 Å². The van der Waals surface area contributed by atoms with Gasteiger partial charge in [-0.1, -0.05) is 19.9 Å². The Bertz CT molecular complexity index is 496. The molecule has 0 spiro atoms. The Morgan fingerprint density at radius 2 is 1.89 bits per heavy atom. The van der Waals surface area contributed by atoms with Crippen LogP contribution >= 0.6 is 0 Å². The minimum absolute atomic E-state index is 0.00940. The Morgan fingerprint density at radius 1 is 1.21 bits per heavy atom. The molecule has 104 valence electrons. The van der Waals surface area contributed by atoms with Crippen molar-refractivity contribution in [3.63, 3.8) is 0 Å². The van der Waals surface area contributed by atoms with E-state index in [-0.39, 0.29) is 5.91 Å². The molecule has 1 aliphatic rings. The van der Waals surface area contributed by atoms with Crippen molar-refractivity contribution in [2.45, 2.75) is 46.6 Å². The zero-order valence-electron chi connectivity index (χ0n) is 12.3. The number of hydrogen-bond acceptors (Lipinski definition) is 2. The van der Waals surface area contributed by atoms with Gasteiger partial charge in [-0.05, 0) is 55.7 Å². The van der Waals surface area contributed by atoms with E-state index in [4.69, 9.17) is 5.73 Å². The number of rotatable bonds is 2. The molecule has 1 aliphatic carbocycles. The number of nitrogens with two attached hydrogens (primary N) is 1. The Balaban J connectivity index is 2.15. The Labute approximate surface area is 115 Å². The molecular weight excluding hydrogens is 236 g/mol. The number of nitrogens with one attached hydrogen (secondary N) is 1. The van der Waals surface area contributed by atoms with Gasteiger partial charge in [0, 0.05) is 17.3 Å². The summed E-state index contributed by atoms with van der Waals surface area (Å²) in [5.41, 5.74) is 9.31. The molecule has 0 saturated heterocycles. The third-order valence-corrected chi connectivity index (χ3v) is 4.64. The summed E-state index contributed by atoms with van der Waals surface area (Å²) >= 11 is 0. The van der Waals surface area contributed by atoms with Crippen LogP contribution in [-0.2, 0) is 0 Å². The lowest BCUT2D eigenvalue weighted by atomic mass is 9.97. The van der Waals surface area contributed by atoms with E-state index < -0.39 is 0 Å². The third kappa shape index (κ3) is 2.75. The maximum absolute atomic E-state index is 12.4. The van der Waals surface area contributed by atoms with Gasteiger partial charge in [-0.25, -0.2) is 0 Å². The largest absolute Gasteiger partial charge is 0.398 e. The highest BCUT2D eigenvalue weighted by Crippen LogP contribution is 2.31. The average molecular weight is 260 g/mol. The highest BCUT2D eigenvalue weighted by molar-refractivity contribution is 5.97. The molecular formula is C16H24N2O. The number of nitrogen functional groups attached to an aromatic ring is 1. The fraction of sp³-hybridized carbons (Fsp3) is 0.562. The van der Waals surface area contributed by atoms with Crippen molar-refractivity contribution in [1.29, 1.82) is 0 Å². The zero-order chi connectivity index (χ0) is 14.2. The fourth-order valence-electron chi connectivity index (χ4n) is 2.93. The molecule has 3 atom stereocenters. The monoisotopic (exact) mass is 260 g/mol. The molecule has 0 heterocycles. The SMILES string of the molecule is Cc1cc(C)c(C(=O)NC2CCC(C)C2C)cc1N. The number of carbonyl (C=O) groups excluding carboxylic acids is 1. The first-order chi connectivity index (χ1) is 8.90. The summed E-state index contributed by atoms with van der Waals surface area (Å²) < 4.78 is 0. The minimum Gasteiger partial charge on any atom is -0.398 e. The van der Waals surface area contributed by atoms with Gasteiger partial charge in [0.2, 0.25) is 0 Å². The predicted octanol–water partition coefficient (Wildman–Crippen LogP) is 3.05. The number of carbonyl (C=O) groups is 1. The van der Waals surface area contributed by atoms with Crippen LogP contribution in [0.5, 0.6) is 0 Å². The topological polar surface area (TPSA) is 55.1 Å². The summed E-state index contributed by atoms with van der Waals surface area (Å²) in [6.07, 6.45) is 2.27. The van der Waals surface area contributed by atoms with Crippen LogP contribution in [0.25, 0.3) is 0 Å². The second kappa shape index (κ2) is 5.24. The van der Waals surface area contributed by atoms with Crippen molar-refractivity contribution in [1.82, 2.24) is 5.32 Å². The molecule has 2 rings (SSSR count). The molecule has 1 aromatic rings. The van der Waals surface area contributed by atoms with E-state index in [1.54, 1.807) is 6.07 Å². The van der Waals surface area contributed by atoms with Crippen LogP contribution in [0.2, 0.25) is 0 Å². The molecule has 1 fully saturated rings. The molecule has 3 N–H and O–H groups in total. The molecule has 1 aromatic carbocycles. The summed E-state index contributed by atoms with van der Waals surface area (Å²) in [6, 6.07) is 4.07. The quantitative estimate of drug-likeness (QED) is 0.803. The highest BCUT2D eigenvalue weighted by Gasteiger charge is 2.31. The average Bonchev–Trinajstić information content (AvgIpc) is 2.65. The van der Waals surface area contributed by atoms with Crippen LogP contribution in [-0.4, -0.2) is 11.9 Å². The van der Waals surface area contributed by atoms with E-state index in [0.29, 0.717) is 29.1 Å². The third-order valence-electron chi connectivity index (χ3n) is 4.64. The van der Waals surface area contributed by atoms with Crippen molar-refractivity contribution in [3.05, 3.63) is 28.8 Å². The molecule has 0 aromatic heterocycles. The van der Waals surface area contributed by atoms with Crippen LogP contribution in [0.3, 0.4) is 0 Å². The summed E-state index contributed by atoms with van der Waals surface area (Å²) in [5, 5.41) is 3.17. The van der Waals surface area contributed by atoms with Crippen LogP contribution < -0.4 is 11.1 Å². The summed E-state index contributed by atoms with van der Waals surface area (Å²) in [7, 11) is 0. The molecule has 1 saturated carbocycles. The maximum Gasteiger partial charge on any atom is 0.251 e.